The van der Waals surface area contributed by atoms with Gasteiger partial charge in [-0.1, -0.05) is 42.2 Å². The van der Waals surface area contributed by atoms with Gasteiger partial charge in [0.1, 0.15) is 23.5 Å². The number of carbonyl (C=O) groups excluding carboxylic acids is 2. The van der Waals surface area contributed by atoms with Gasteiger partial charge < -0.3 is 44.2 Å². The zero-order valence-corrected chi connectivity index (χ0v) is 29.1. The summed E-state index contributed by atoms with van der Waals surface area (Å²) in [6.45, 7) is 3.56. The van der Waals surface area contributed by atoms with Gasteiger partial charge in [0.25, 0.3) is 5.56 Å². The van der Waals surface area contributed by atoms with Crippen LogP contribution in [-0.2, 0) is 45.8 Å². The monoisotopic (exact) mass is 769 g/mol. The number of nitrogens with zero attached hydrogens (tertiary/aromatic N) is 1. The van der Waals surface area contributed by atoms with Crippen molar-refractivity contribution in [1.82, 2.24) is 14.9 Å². The van der Waals surface area contributed by atoms with E-state index in [0.717, 1.165) is 10.8 Å². The molecule has 1 fully saturated rings. The normalized spacial score (nSPS) is 20.8. The Hall–Kier alpha value is -3.47. The molecule has 0 bridgehead atoms. The highest BCUT2D eigenvalue weighted by Crippen LogP contribution is 2.66. The van der Waals surface area contributed by atoms with Crippen molar-refractivity contribution in [2.45, 2.75) is 63.7 Å². The van der Waals surface area contributed by atoms with Crippen LogP contribution in [0, 0.1) is 11.8 Å². The molecule has 7 N–H and O–H groups in total. The zero-order valence-electron chi connectivity index (χ0n) is 26.4. The Labute approximate surface area is 282 Å². The maximum atomic E-state index is 12.6. The number of ether oxygens (including phenoxy) is 3. The van der Waals surface area contributed by atoms with Crippen LogP contribution in [-0.4, -0.2) is 77.3 Å². The summed E-state index contributed by atoms with van der Waals surface area (Å²) in [6.07, 6.45) is -4.62. The van der Waals surface area contributed by atoms with E-state index in [9.17, 15) is 47.8 Å². The summed E-state index contributed by atoms with van der Waals surface area (Å²) in [5.74, 6) is 4.15. The van der Waals surface area contributed by atoms with Crippen LogP contribution in [0.2, 0.25) is 0 Å². The SMILES string of the molecule is CC(C)(C)OC(=O)NC(CC(=O)OCC#Cc1cn(C2CC(O)C(COP(=O)(O)OP(=O)(O)OP(=O)(O)O)O2)c(=O)[nH]c1=O)c1ccccc1. The number of nitrogens with one attached hydrogen (secondary N) is 2. The summed E-state index contributed by atoms with van der Waals surface area (Å²) < 4.78 is 62.6. The lowest BCUT2D eigenvalue weighted by molar-refractivity contribution is -0.142. The third-order valence-electron chi connectivity index (χ3n) is 6.09. The predicted molar refractivity (Wildman–Crippen MR) is 167 cm³/mol. The van der Waals surface area contributed by atoms with Crippen molar-refractivity contribution in [3.8, 4) is 11.8 Å². The number of esters is 1. The first kappa shape index (κ1) is 41.0. The van der Waals surface area contributed by atoms with Crippen LogP contribution < -0.4 is 16.6 Å². The molecule has 1 aromatic carbocycles. The number of aliphatic hydroxyl groups excluding tert-OH is 1. The Morgan fingerprint density at radius 1 is 1.08 bits per heavy atom. The Bertz CT molecular complexity index is 1860. The number of phosphoric acid groups is 3. The molecule has 21 nitrogen and oxygen atoms in total. The summed E-state index contributed by atoms with van der Waals surface area (Å²) in [5.41, 5.74) is -2.39. The van der Waals surface area contributed by atoms with E-state index >= 15 is 0 Å². The van der Waals surface area contributed by atoms with Crippen LogP contribution in [0.5, 0.6) is 0 Å². The fraction of sp³-hybridized carbons (Fsp3) is 0.462. The lowest BCUT2D eigenvalue weighted by Crippen LogP contribution is -2.36. The Balaban J connectivity index is 1.62. The number of H-pyrrole nitrogens is 1. The Morgan fingerprint density at radius 2 is 1.74 bits per heavy atom. The number of hydrogen-bond donors (Lipinski definition) is 7. The molecular weight excluding hydrogens is 735 g/mol. The quantitative estimate of drug-likeness (QED) is 0.0851. The number of aromatic amines is 1. The number of benzene rings is 1. The minimum atomic E-state index is -5.78. The van der Waals surface area contributed by atoms with E-state index in [0.29, 0.717) is 5.56 Å². The van der Waals surface area contributed by atoms with Crippen LogP contribution in [0.15, 0.2) is 46.1 Å². The first-order valence-corrected chi connectivity index (χ1v) is 18.7. The molecule has 1 aliphatic rings. The van der Waals surface area contributed by atoms with Crippen LogP contribution >= 0.6 is 23.5 Å². The number of phosphoric ester groups is 1. The molecule has 3 rings (SSSR count). The van der Waals surface area contributed by atoms with E-state index in [-0.39, 0.29) is 18.4 Å². The number of amides is 1. The molecular formula is C26H34N3O18P3. The summed E-state index contributed by atoms with van der Waals surface area (Å²) in [7, 11) is -16.9. The molecule has 1 amide bonds. The fourth-order valence-electron chi connectivity index (χ4n) is 4.16. The standard InChI is InChI=1S/C26H34N3O18P3/c1-26(2,3)45-25(34)27-18(16-8-5-4-6-9-16)12-22(31)42-11-7-10-17-14-29(24(33)28-23(17)32)21-13-19(30)20(44-21)15-43-49(38,39)47-50(40,41)46-48(35,36)37/h4-6,8-9,14,18-21,30H,11-13,15H2,1-3H3,(H,27,34)(H,38,39)(H,40,41)(H,28,32,33)(H2,35,36,37). The highest BCUT2D eigenvalue weighted by Gasteiger charge is 2.43. The van der Waals surface area contributed by atoms with E-state index in [4.69, 9.17) is 24.0 Å². The summed E-state index contributed by atoms with van der Waals surface area (Å²) in [5, 5.41) is 13.0. The topological polar surface area (TPSA) is 309 Å². The third kappa shape index (κ3) is 13.7. The molecule has 24 heteroatoms. The van der Waals surface area contributed by atoms with Gasteiger partial charge >= 0.3 is 41.2 Å². The van der Waals surface area contributed by atoms with E-state index < -0.39 is 90.1 Å². The number of carbonyl (C=O) groups is 2. The maximum Gasteiger partial charge on any atom is 0.490 e. The number of aromatic nitrogens is 2. The van der Waals surface area contributed by atoms with Gasteiger partial charge in [0, 0.05) is 12.6 Å². The molecule has 6 atom stereocenters. The molecule has 276 valence electrons. The summed E-state index contributed by atoms with van der Waals surface area (Å²) >= 11 is 0. The summed E-state index contributed by atoms with van der Waals surface area (Å²) in [6, 6.07) is 7.78. The molecule has 6 unspecified atom stereocenters. The van der Waals surface area contributed by atoms with Gasteiger partial charge in [0.2, 0.25) is 0 Å². The first-order valence-electron chi connectivity index (χ1n) is 14.2. The zero-order chi connectivity index (χ0) is 37.5. The highest BCUT2D eigenvalue weighted by molar-refractivity contribution is 7.66. The second-order valence-corrected chi connectivity index (χ2v) is 15.7. The molecule has 0 spiro atoms. The van der Waals surface area contributed by atoms with Crippen LogP contribution in [0.4, 0.5) is 4.79 Å². The largest absolute Gasteiger partial charge is 0.490 e. The van der Waals surface area contributed by atoms with Crippen molar-refractivity contribution in [2.75, 3.05) is 13.2 Å². The number of hydrogen-bond acceptors (Lipinski definition) is 14. The van der Waals surface area contributed by atoms with Gasteiger partial charge in [-0.2, -0.15) is 8.62 Å². The molecule has 0 radical (unpaired) electrons. The molecule has 0 saturated carbocycles. The van der Waals surface area contributed by atoms with Crippen LogP contribution in [0.3, 0.4) is 0 Å². The van der Waals surface area contributed by atoms with Gasteiger partial charge in [-0.25, -0.2) is 23.3 Å². The van der Waals surface area contributed by atoms with Crippen LogP contribution in [0.1, 0.15) is 57.0 Å². The van der Waals surface area contributed by atoms with Gasteiger partial charge in [-0.15, -0.1) is 0 Å². The van der Waals surface area contributed by atoms with Crippen LogP contribution in [0.25, 0.3) is 0 Å². The van der Waals surface area contributed by atoms with E-state index in [1.54, 1.807) is 51.1 Å². The van der Waals surface area contributed by atoms with Crippen molar-refractivity contribution in [3.63, 3.8) is 0 Å². The molecule has 1 aliphatic heterocycles. The van der Waals surface area contributed by atoms with Gasteiger partial charge in [0.15, 0.2) is 6.61 Å². The van der Waals surface area contributed by atoms with Gasteiger partial charge in [0.05, 0.1) is 25.2 Å². The van der Waals surface area contributed by atoms with Crippen molar-refractivity contribution in [1.29, 1.82) is 0 Å². The second kappa shape index (κ2) is 16.7. The number of rotatable bonds is 13. The smallest absolute Gasteiger partial charge is 0.452 e. The first-order chi connectivity index (χ1) is 23.0. The van der Waals surface area contributed by atoms with Crippen molar-refractivity contribution < 1.29 is 75.3 Å². The lowest BCUT2D eigenvalue weighted by atomic mass is 10.0. The van der Waals surface area contributed by atoms with E-state index in [2.05, 4.69) is 30.3 Å². The molecule has 2 aromatic rings. The average Bonchev–Trinajstić information content (AvgIpc) is 3.32. The van der Waals surface area contributed by atoms with E-state index in [1.807, 2.05) is 4.98 Å². The molecule has 1 saturated heterocycles. The molecule has 2 heterocycles. The average molecular weight is 769 g/mol. The minimum absolute atomic E-state index is 0.288. The third-order valence-corrected chi connectivity index (χ3v) is 9.89. The number of alkyl carbamates (subject to hydrolysis) is 1. The number of aliphatic hydroxyl groups is 1. The predicted octanol–water partition coefficient (Wildman–Crippen LogP) is 1.08. The minimum Gasteiger partial charge on any atom is -0.452 e. The van der Waals surface area contributed by atoms with E-state index in [1.165, 1.54) is 0 Å². The Morgan fingerprint density at radius 3 is 2.36 bits per heavy atom. The van der Waals surface area contributed by atoms with Gasteiger partial charge in [-0.05, 0) is 26.3 Å². The Kier molecular flexibility index (Phi) is 13.7. The lowest BCUT2D eigenvalue weighted by Gasteiger charge is -2.23. The highest BCUT2D eigenvalue weighted by atomic mass is 31.3. The molecule has 0 aliphatic carbocycles. The molecule has 1 aromatic heterocycles. The van der Waals surface area contributed by atoms with Crippen molar-refractivity contribution >= 4 is 35.5 Å². The maximum absolute atomic E-state index is 12.6. The van der Waals surface area contributed by atoms with Crippen molar-refractivity contribution in [3.05, 3.63) is 68.5 Å². The van der Waals surface area contributed by atoms with Gasteiger partial charge in [-0.3, -0.25) is 23.7 Å². The second-order valence-electron chi connectivity index (χ2n) is 11.3. The fourth-order valence-corrected chi connectivity index (χ4v) is 7.19. The van der Waals surface area contributed by atoms with Crippen molar-refractivity contribution in [2.24, 2.45) is 0 Å². The molecule has 50 heavy (non-hydrogen) atoms. The summed E-state index contributed by atoms with van der Waals surface area (Å²) in [4.78, 5) is 87.9.